The van der Waals surface area contributed by atoms with E-state index >= 15 is 0 Å². The Morgan fingerprint density at radius 1 is 1.35 bits per heavy atom. The first kappa shape index (κ1) is 13.2. The molecule has 0 spiro atoms. The van der Waals surface area contributed by atoms with Gasteiger partial charge in [0.15, 0.2) is 0 Å². The second-order valence-electron chi connectivity index (χ2n) is 3.59. The summed E-state index contributed by atoms with van der Waals surface area (Å²) in [6.45, 7) is 1.61. The Hall–Kier alpha value is -1.88. The number of rotatable bonds is 5. The highest BCUT2D eigenvalue weighted by atomic mass is 16.5. The number of nitrogens with one attached hydrogen (secondary N) is 1. The van der Waals surface area contributed by atoms with Crippen molar-refractivity contribution in [2.75, 3.05) is 6.54 Å². The molecule has 1 aromatic carbocycles. The maximum absolute atomic E-state index is 11.5. The van der Waals surface area contributed by atoms with E-state index in [9.17, 15) is 9.59 Å². The van der Waals surface area contributed by atoms with Crippen LogP contribution in [0.4, 0.5) is 0 Å². The van der Waals surface area contributed by atoms with E-state index in [1.807, 2.05) is 30.3 Å². The highest BCUT2D eigenvalue weighted by Gasteiger charge is 2.15. The number of amides is 1. The fourth-order valence-corrected chi connectivity index (χ4v) is 1.21. The molecule has 92 valence electrons. The Balaban J connectivity index is 2.37. The summed E-state index contributed by atoms with van der Waals surface area (Å²) in [4.78, 5) is 22.4. The molecule has 0 radical (unpaired) electrons. The van der Waals surface area contributed by atoms with Gasteiger partial charge in [0, 0.05) is 0 Å². The third-order valence-electron chi connectivity index (χ3n) is 2.14. The summed E-state index contributed by atoms with van der Waals surface area (Å²) < 4.78 is 5.04. The van der Waals surface area contributed by atoms with Gasteiger partial charge in [0.05, 0.1) is 6.54 Å². The Labute approximate surface area is 99.9 Å². The van der Waals surface area contributed by atoms with Gasteiger partial charge in [0.25, 0.3) is 0 Å². The van der Waals surface area contributed by atoms with Crippen LogP contribution in [0, 0.1) is 0 Å². The topological polar surface area (TPSA) is 81.4 Å². The van der Waals surface area contributed by atoms with Crippen LogP contribution in [0.5, 0.6) is 0 Å². The van der Waals surface area contributed by atoms with Crippen LogP contribution in [0.25, 0.3) is 0 Å². The van der Waals surface area contributed by atoms with Gasteiger partial charge >= 0.3 is 5.97 Å². The van der Waals surface area contributed by atoms with Crippen molar-refractivity contribution in [1.29, 1.82) is 0 Å². The summed E-state index contributed by atoms with van der Waals surface area (Å²) in [7, 11) is 0. The van der Waals surface area contributed by atoms with Crippen molar-refractivity contribution < 1.29 is 14.3 Å². The lowest BCUT2D eigenvalue weighted by Gasteiger charge is -2.12. The number of hydrogen-bond donors (Lipinski definition) is 2. The molecule has 0 aliphatic heterocycles. The van der Waals surface area contributed by atoms with E-state index in [4.69, 9.17) is 10.5 Å². The highest BCUT2D eigenvalue weighted by molar-refractivity contribution is 5.85. The molecule has 1 aromatic rings. The molecule has 3 N–H and O–H groups in total. The van der Waals surface area contributed by atoms with Crippen LogP contribution in [-0.4, -0.2) is 24.5 Å². The molecule has 1 rings (SSSR count). The Bertz CT molecular complexity index is 379. The van der Waals surface area contributed by atoms with E-state index in [0.717, 1.165) is 5.56 Å². The number of esters is 1. The molecule has 0 aromatic heterocycles. The lowest BCUT2D eigenvalue weighted by molar-refractivity contribution is -0.148. The van der Waals surface area contributed by atoms with Gasteiger partial charge in [0.2, 0.25) is 5.91 Å². The van der Waals surface area contributed by atoms with Gasteiger partial charge in [0.1, 0.15) is 12.6 Å². The lowest BCUT2D eigenvalue weighted by atomic mass is 10.2. The smallest absolute Gasteiger partial charge is 0.328 e. The van der Waals surface area contributed by atoms with Crippen LogP contribution >= 0.6 is 0 Å². The van der Waals surface area contributed by atoms with E-state index in [2.05, 4.69) is 5.32 Å². The summed E-state index contributed by atoms with van der Waals surface area (Å²) >= 11 is 0. The average molecular weight is 236 g/mol. The van der Waals surface area contributed by atoms with Gasteiger partial charge < -0.3 is 15.8 Å². The minimum Gasteiger partial charge on any atom is -0.459 e. The standard InChI is InChI=1S/C12H16N2O3/c1-9(14-11(15)7-13)12(16)17-8-10-5-3-2-4-6-10/h2-6,9H,7-8,13H2,1H3,(H,14,15)/t9-/m0/s1. The predicted octanol–water partition coefficient (Wildman–Crippen LogP) is 0.193. The molecular formula is C12H16N2O3. The molecule has 0 aliphatic carbocycles. The molecule has 0 bridgehead atoms. The summed E-state index contributed by atoms with van der Waals surface area (Å²) in [6, 6.07) is 8.64. The normalized spacial score (nSPS) is 11.6. The second kappa shape index (κ2) is 6.65. The molecule has 0 unspecified atom stereocenters. The Morgan fingerprint density at radius 2 is 2.00 bits per heavy atom. The summed E-state index contributed by atoms with van der Waals surface area (Å²) in [5.74, 6) is -0.857. The molecule has 0 saturated heterocycles. The van der Waals surface area contributed by atoms with Crippen molar-refractivity contribution in [3.8, 4) is 0 Å². The predicted molar refractivity (Wildman–Crippen MR) is 62.9 cm³/mol. The Morgan fingerprint density at radius 3 is 2.59 bits per heavy atom. The zero-order valence-corrected chi connectivity index (χ0v) is 9.68. The molecule has 1 atom stereocenters. The number of nitrogens with two attached hydrogens (primary N) is 1. The van der Waals surface area contributed by atoms with Crippen molar-refractivity contribution in [1.82, 2.24) is 5.32 Å². The summed E-state index contributed by atoms with van der Waals surface area (Å²) in [6.07, 6.45) is 0. The number of carbonyl (C=O) groups excluding carboxylic acids is 2. The lowest BCUT2D eigenvalue weighted by Crippen LogP contribution is -2.42. The average Bonchev–Trinajstić information content (AvgIpc) is 2.36. The molecular weight excluding hydrogens is 220 g/mol. The molecule has 5 nitrogen and oxygen atoms in total. The fraction of sp³-hybridized carbons (Fsp3) is 0.333. The quantitative estimate of drug-likeness (QED) is 0.715. The van der Waals surface area contributed by atoms with Crippen LogP contribution in [0.15, 0.2) is 30.3 Å². The van der Waals surface area contributed by atoms with Gasteiger partial charge in [-0.15, -0.1) is 0 Å². The largest absolute Gasteiger partial charge is 0.459 e. The highest BCUT2D eigenvalue weighted by Crippen LogP contribution is 2.01. The maximum Gasteiger partial charge on any atom is 0.328 e. The first-order chi connectivity index (χ1) is 8.13. The monoisotopic (exact) mass is 236 g/mol. The maximum atomic E-state index is 11.5. The first-order valence-corrected chi connectivity index (χ1v) is 5.33. The molecule has 5 heteroatoms. The number of carbonyl (C=O) groups is 2. The van der Waals surface area contributed by atoms with Crippen molar-refractivity contribution in [2.45, 2.75) is 19.6 Å². The van der Waals surface area contributed by atoms with Crippen molar-refractivity contribution >= 4 is 11.9 Å². The van der Waals surface area contributed by atoms with E-state index in [-0.39, 0.29) is 19.1 Å². The van der Waals surface area contributed by atoms with Crippen molar-refractivity contribution in [3.63, 3.8) is 0 Å². The van der Waals surface area contributed by atoms with Crippen LogP contribution in [-0.2, 0) is 20.9 Å². The third kappa shape index (κ3) is 4.65. The van der Waals surface area contributed by atoms with Crippen LogP contribution in [0.2, 0.25) is 0 Å². The molecule has 0 heterocycles. The van der Waals surface area contributed by atoms with Crippen LogP contribution in [0.1, 0.15) is 12.5 Å². The van der Waals surface area contributed by atoms with E-state index < -0.39 is 12.0 Å². The molecule has 0 aliphatic rings. The van der Waals surface area contributed by atoms with E-state index in [1.54, 1.807) is 6.92 Å². The Kier molecular flexibility index (Phi) is 5.16. The number of hydrogen-bond acceptors (Lipinski definition) is 4. The van der Waals surface area contributed by atoms with E-state index in [1.165, 1.54) is 0 Å². The minimum atomic E-state index is -0.685. The second-order valence-corrected chi connectivity index (χ2v) is 3.59. The van der Waals surface area contributed by atoms with Gasteiger partial charge in [-0.3, -0.25) is 4.79 Å². The van der Waals surface area contributed by atoms with E-state index in [0.29, 0.717) is 0 Å². The zero-order chi connectivity index (χ0) is 12.7. The summed E-state index contributed by atoms with van der Waals surface area (Å²) in [5, 5.41) is 2.43. The molecule has 1 amide bonds. The molecule has 0 saturated carbocycles. The molecule has 17 heavy (non-hydrogen) atoms. The van der Waals surface area contributed by atoms with Gasteiger partial charge in [-0.1, -0.05) is 30.3 Å². The SMILES string of the molecule is C[C@H](NC(=O)CN)C(=O)OCc1ccccc1. The third-order valence-corrected chi connectivity index (χ3v) is 2.14. The van der Waals surface area contributed by atoms with Crippen molar-refractivity contribution in [3.05, 3.63) is 35.9 Å². The van der Waals surface area contributed by atoms with Crippen LogP contribution in [0.3, 0.4) is 0 Å². The van der Waals surface area contributed by atoms with Gasteiger partial charge in [-0.05, 0) is 12.5 Å². The number of benzene rings is 1. The number of ether oxygens (including phenoxy) is 1. The van der Waals surface area contributed by atoms with Crippen molar-refractivity contribution in [2.24, 2.45) is 5.73 Å². The van der Waals surface area contributed by atoms with Crippen LogP contribution < -0.4 is 11.1 Å². The minimum absolute atomic E-state index is 0.143. The van der Waals surface area contributed by atoms with Gasteiger partial charge in [-0.25, -0.2) is 4.79 Å². The summed E-state index contributed by atoms with van der Waals surface area (Å²) in [5.41, 5.74) is 6.02. The van der Waals surface area contributed by atoms with Gasteiger partial charge in [-0.2, -0.15) is 0 Å². The molecule has 0 fully saturated rings. The first-order valence-electron chi connectivity index (χ1n) is 5.33. The zero-order valence-electron chi connectivity index (χ0n) is 9.68. The fourth-order valence-electron chi connectivity index (χ4n) is 1.21.